The predicted molar refractivity (Wildman–Crippen MR) is 93.5 cm³/mol. The molecule has 4 aromatic rings. The monoisotopic (exact) mass is 337 g/mol. The van der Waals surface area contributed by atoms with Gasteiger partial charge >= 0.3 is 0 Å². The fraction of sp³-hybridized carbons (Fsp3) is 0.0556. The number of nitrogens with zero attached hydrogens (tertiary/aromatic N) is 3. The van der Waals surface area contributed by atoms with E-state index in [0.29, 0.717) is 22.2 Å². The molecule has 4 nitrogen and oxygen atoms in total. The van der Waals surface area contributed by atoms with Gasteiger partial charge in [-0.3, -0.25) is 9.78 Å². The average Bonchev–Trinajstić information content (AvgIpc) is 3.04. The zero-order chi connectivity index (χ0) is 16.7. The molecule has 0 fully saturated rings. The van der Waals surface area contributed by atoms with Crippen LogP contribution in [0.25, 0.3) is 32.5 Å². The van der Waals surface area contributed by atoms with E-state index in [4.69, 9.17) is 0 Å². The Kier molecular flexibility index (Phi) is 3.46. The number of benzene rings is 1. The van der Waals surface area contributed by atoms with Crippen LogP contribution in [0.5, 0.6) is 0 Å². The van der Waals surface area contributed by atoms with E-state index >= 15 is 0 Å². The number of aryl methyl sites for hydroxylation is 1. The minimum atomic E-state index is -0.346. The molecule has 3 heterocycles. The van der Waals surface area contributed by atoms with Crippen molar-refractivity contribution in [2.75, 3.05) is 0 Å². The molecule has 118 valence electrons. The van der Waals surface area contributed by atoms with Gasteiger partial charge in [-0.2, -0.15) is 5.10 Å². The van der Waals surface area contributed by atoms with Crippen molar-refractivity contribution >= 4 is 21.4 Å². The largest absolute Gasteiger partial charge is 0.275 e. The maximum absolute atomic E-state index is 14.2. The van der Waals surface area contributed by atoms with Crippen LogP contribution in [0.15, 0.2) is 59.0 Å². The van der Waals surface area contributed by atoms with Crippen molar-refractivity contribution in [3.05, 3.63) is 70.3 Å². The van der Waals surface area contributed by atoms with Crippen LogP contribution in [0.4, 0.5) is 4.39 Å². The molecule has 3 aromatic heterocycles. The van der Waals surface area contributed by atoms with Crippen molar-refractivity contribution in [2.45, 2.75) is 0 Å². The average molecular weight is 337 g/mol. The molecular weight excluding hydrogens is 325 g/mol. The first-order chi connectivity index (χ1) is 11.7. The van der Waals surface area contributed by atoms with Gasteiger partial charge in [-0.05, 0) is 18.2 Å². The summed E-state index contributed by atoms with van der Waals surface area (Å²) in [6, 6.07) is 10.2. The van der Waals surface area contributed by atoms with Crippen LogP contribution in [0, 0.1) is 5.82 Å². The fourth-order valence-corrected chi connectivity index (χ4v) is 3.79. The zero-order valence-corrected chi connectivity index (χ0v) is 13.5. The minimum Gasteiger partial charge on any atom is -0.267 e. The van der Waals surface area contributed by atoms with Gasteiger partial charge in [0.2, 0.25) is 0 Å². The van der Waals surface area contributed by atoms with Gasteiger partial charge in [-0.25, -0.2) is 9.07 Å². The SMILES string of the molecule is Cn1nc(-c2ccncc2)c2scc(-c3ccccc3F)c2c1=O. The number of thiophene rings is 1. The highest BCUT2D eigenvalue weighted by Gasteiger charge is 2.18. The lowest BCUT2D eigenvalue weighted by Crippen LogP contribution is -2.20. The normalized spacial score (nSPS) is 11.1. The maximum atomic E-state index is 14.2. The topological polar surface area (TPSA) is 47.8 Å². The number of fused-ring (bicyclic) bond motifs is 1. The van der Waals surface area contributed by atoms with Crippen molar-refractivity contribution in [1.29, 1.82) is 0 Å². The predicted octanol–water partition coefficient (Wildman–Crippen LogP) is 3.86. The van der Waals surface area contributed by atoms with Crippen LogP contribution < -0.4 is 5.56 Å². The molecular formula is C18H12FN3OS. The van der Waals surface area contributed by atoms with Crippen LogP contribution in [-0.4, -0.2) is 14.8 Å². The third-order valence-electron chi connectivity index (χ3n) is 3.88. The van der Waals surface area contributed by atoms with E-state index in [2.05, 4.69) is 10.1 Å². The molecule has 0 N–H and O–H groups in total. The van der Waals surface area contributed by atoms with Crippen molar-refractivity contribution < 1.29 is 4.39 Å². The molecule has 0 bridgehead atoms. The van der Waals surface area contributed by atoms with Crippen LogP contribution in [-0.2, 0) is 7.05 Å². The van der Waals surface area contributed by atoms with Crippen molar-refractivity contribution in [3.8, 4) is 22.4 Å². The summed E-state index contributed by atoms with van der Waals surface area (Å²) in [4.78, 5) is 16.7. The van der Waals surface area contributed by atoms with Gasteiger partial charge in [0.05, 0.1) is 10.1 Å². The molecule has 0 radical (unpaired) electrons. The second kappa shape index (κ2) is 5.65. The Morgan fingerprint density at radius 2 is 1.83 bits per heavy atom. The quantitative estimate of drug-likeness (QED) is 0.558. The molecule has 0 aliphatic rings. The standard InChI is InChI=1S/C18H12FN3OS/c1-22-18(23)15-13(12-4-2-3-5-14(12)19)10-24-17(15)16(21-22)11-6-8-20-9-7-11/h2-10H,1H3. The third kappa shape index (κ3) is 2.23. The van der Waals surface area contributed by atoms with Gasteiger partial charge in [0, 0.05) is 41.5 Å². The molecule has 0 spiro atoms. The summed E-state index contributed by atoms with van der Waals surface area (Å²) in [5, 5.41) is 6.70. The highest BCUT2D eigenvalue weighted by Crippen LogP contribution is 2.37. The number of halogens is 1. The first-order valence-electron chi connectivity index (χ1n) is 7.30. The number of aromatic nitrogens is 3. The zero-order valence-electron chi connectivity index (χ0n) is 12.7. The van der Waals surface area contributed by atoms with Gasteiger partial charge in [-0.15, -0.1) is 11.3 Å². The summed E-state index contributed by atoms with van der Waals surface area (Å²) in [5.74, 6) is -0.346. The van der Waals surface area contributed by atoms with E-state index in [1.807, 2.05) is 17.5 Å². The first kappa shape index (κ1) is 14.7. The Hall–Kier alpha value is -2.86. The van der Waals surface area contributed by atoms with E-state index < -0.39 is 0 Å². The summed E-state index contributed by atoms with van der Waals surface area (Å²) in [5.41, 5.74) is 2.36. The summed E-state index contributed by atoms with van der Waals surface area (Å²) in [7, 11) is 1.61. The van der Waals surface area contributed by atoms with Crippen molar-refractivity contribution in [3.63, 3.8) is 0 Å². The lowest BCUT2D eigenvalue weighted by molar-refractivity contribution is 0.631. The summed E-state index contributed by atoms with van der Waals surface area (Å²) in [6.07, 6.45) is 3.36. The van der Waals surface area contributed by atoms with E-state index in [-0.39, 0.29) is 11.4 Å². The lowest BCUT2D eigenvalue weighted by atomic mass is 10.0. The van der Waals surface area contributed by atoms with Crippen LogP contribution in [0.1, 0.15) is 0 Å². The Balaban J connectivity index is 2.09. The smallest absolute Gasteiger partial charge is 0.267 e. The molecule has 0 aliphatic carbocycles. The number of hydrogen-bond acceptors (Lipinski definition) is 4. The first-order valence-corrected chi connectivity index (χ1v) is 8.18. The molecule has 0 unspecified atom stereocenters. The van der Waals surface area contributed by atoms with Gasteiger partial charge in [0.15, 0.2) is 0 Å². The summed E-state index contributed by atoms with van der Waals surface area (Å²) in [6.45, 7) is 0. The molecule has 24 heavy (non-hydrogen) atoms. The number of pyridine rings is 1. The molecule has 1 aromatic carbocycles. The van der Waals surface area contributed by atoms with Crippen LogP contribution >= 0.6 is 11.3 Å². The molecule has 0 saturated carbocycles. The molecule has 0 atom stereocenters. The van der Waals surface area contributed by atoms with E-state index in [1.54, 1.807) is 37.6 Å². The Morgan fingerprint density at radius 3 is 2.58 bits per heavy atom. The highest BCUT2D eigenvalue weighted by atomic mass is 32.1. The number of rotatable bonds is 2. The highest BCUT2D eigenvalue weighted by molar-refractivity contribution is 7.18. The summed E-state index contributed by atoms with van der Waals surface area (Å²) < 4.78 is 16.3. The molecule has 6 heteroatoms. The fourth-order valence-electron chi connectivity index (χ4n) is 2.72. The maximum Gasteiger partial charge on any atom is 0.275 e. The lowest BCUT2D eigenvalue weighted by Gasteiger charge is -2.06. The molecule has 0 amide bonds. The van der Waals surface area contributed by atoms with Crippen LogP contribution in [0.3, 0.4) is 0 Å². The van der Waals surface area contributed by atoms with Gasteiger partial charge in [0.1, 0.15) is 11.5 Å². The third-order valence-corrected chi connectivity index (χ3v) is 4.87. The number of hydrogen-bond donors (Lipinski definition) is 0. The second-order valence-electron chi connectivity index (χ2n) is 5.35. The van der Waals surface area contributed by atoms with E-state index in [0.717, 1.165) is 10.3 Å². The molecule has 4 rings (SSSR count). The van der Waals surface area contributed by atoms with Crippen molar-refractivity contribution in [1.82, 2.24) is 14.8 Å². The Morgan fingerprint density at radius 1 is 1.08 bits per heavy atom. The van der Waals surface area contributed by atoms with E-state index in [1.165, 1.54) is 22.1 Å². The Bertz CT molecular complexity index is 1100. The van der Waals surface area contributed by atoms with Gasteiger partial charge < -0.3 is 0 Å². The second-order valence-corrected chi connectivity index (χ2v) is 6.23. The molecule has 0 aliphatic heterocycles. The van der Waals surface area contributed by atoms with Crippen molar-refractivity contribution in [2.24, 2.45) is 7.05 Å². The molecule has 0 saturated heterocycles. The Labute approximate surface area is 140 Å². The van der Waals surface area contributed by atoms with Gasteiger partial charge in [0.25, 0.3) is 5.56 Å². The van der Waals surface area contributed by atoms with Gasteiger partial charge in [-0.1, -0.05) is 18.2 Å². The minimum absolute atomic E-state index is 0.234. The van der Waals surface area contributed by atoms with E-state index in [9.17, 15) is 9.18 Å². The van der Waals surface area contributed by atoms with Crippen LogP contribution in [0.2, 0.25) is 0 Å². The summed E-state index contributed by atoms with van der Waals surface area (Å²) >= 11 is 1.40.